The number of aromatic hydroxyl groups is 3. The maximum absolute atomic E-state index is 13.0. The van der Waals surface area contributed by atoms with Crippen molar-refractivity contribution in [1.82, 2.24) is 0 Å². The van der Waals surface area contributed by atoms with Crippen LogP contribution in [0.3, 0.4) is 0 Å². The normalized spacial score (nSPS) is 18.3. The Morgan fingerprint density at radius 2 is 1.52 bits per heavy atom. The fraction of sp³-hybridized carbons (Fsp3) is 0.286. The molecule has 1 aliphatic heterocycles. The van der Waals surface area contributed by atoms with Gasteiger partial charge in [-0.15, -0.1) is 0 Å². The van der Waals surface area contributed by atoms with E-state index < -0.39 is 12.0 Å². The molecule has 154 valence electrons. The first kappa shape index (κ1) is 20.2. The third-order valence-electron chi connectivity index (χ3n) is 4.72. The Kier molecular flexibility index (Phi) is 5.45. The second kappa shape index (κ2) is 7.83. The minimum Gasteiger partial charge on any atom is -0.508 e. The van der Waals surface area contributed by atoms with Crippen molar-refractivity contribution in [3.05, 3.63) is 35.4 Å². The molecule has 2 unspecified atom stereocenters. The number of hydrogen-bond donors (Lipinski definition) is 3. The second-order valence-corrected chi connectivity index (χ2v) is 6.53. The maximum atomic E-state index is 13.0. The van der Waals surface area contributed by atoms with E-state index in [1.165, 1.54) is 39.5 Å². The highest BCUT2D eigenvalue weighted by atomic mass is 16.6. The summed E-state index contributed by atoms with van der Waals surface area (Å²) in [5.41, 5.74) is 0.491. The van der Waals surface area contributed by atoms with Crippen LogP contribution in [-0.4, -0.2) is 48.5 Å². The maximum Gasteiger partial charge on any atom is 0.211 e. The van der Waals surface area contributed by atoms with Crippen LogP contribution in [0.25, 0.3) is 6.08 Å². The van der Waals surface area contributed by atoms with Crippen LogP contribution in [0.2, 0.25) is 0 Å². The Labute approximate surface area is 167 Å². The van der Waals surface area contributed by atoms with Crippen molar-refractivity contribution in [2.45, 2.75) is 13.0 Å². The largest absolute Gasteiger partial charge is 0.508 e. The highest BCUT2D eigenvalue weighted by Crippen LogP contribution is 2.55. The number of carbonyl (C=O) groups excluding carboxylic acids is 1. The Morgan fingerprint density at radius 3 is 2.07 bits per heavy atom. The van der Waals surface area contributed by atoms with E-state index in [4.69, 9.17) is 18.9 Å². The minimum absolute atomic E-state index is 0.0171. The van der Waals surface area contributed by atoms with Gasteiger partial charge in [0.1, 0.15) is 23.2 Å². The van der Waals surface area contributed by atoms with Crippen molar-refractivity contribution in [3.8, 4) is 40.2 Å². The number of methoxy groups -OCH3 is 3. The van der Waals surface area contributed by atoms with E-state index in [0.717, 1.165) is 0 Å². The van der Waals surface area contributed by atoms with Crippen molar-refractivity contribution in [2.75, 3.05) is 21.3 Å². The first-order valence-electron chi connectivity index (χ1n) is 8.79. The van der Waals surface area contributed by atoms with E-state index in [1.807, 2.05) is 0 Å². The fourth-order valence-electron chi connectivity index (χ4n) is 3.29. The van der Waals surface area contributed by atoms with Crippen LogP contribution < -0.4 is 18.9 Å². The molecule has 0 aliphatic carbocycles. The molecular weight excluding hydrogens is 380 g/mol. The molecule has 0 amide bonds. The van der Waals surface area contributed by atoms with Crippen LogP contribution in [0.5, 0.6) is 40.2 Å². The molecular formula is C21H22O8. The third-order valence-corrected chi connectivity index (χ3v) is 4.72. The minimum atomic E-state index is -0.689. The van der Waals surface area contributed by atoms with Crippen LogP contribution in [0, 0.1) is 5.92 Å². The van der Waals surface area contributed by atoms with Gasteiger partial charge >= 0.3 is 0 Å². The third kappa shape index (κ3) is 3.49. The van der Waals surface area contributed by atoms with Gasteiger partial charge in [0.15, 0.2) is 17.3 Å². The predicted octanol–water partition coefficient (Wildman–Crippen LogP) is 3.12. The van der Waals surface area contributed by atoms with E-state index in [1.54, 1.807) is 19.1 Å². The molecule has 2 atom stereocenters. The number of benzene rings is 2. The molecule has 0 saturated carbocycles. The fourth-order valence-corrected chi connectivity index (χ4v) is 3.29. The number of ether oxygens (including phenoxy) is 4. The lowest BCUT2D eigenvalue weighted by Crippen LogP contribution is -2.34. The first-order chi connectivity index (χ1) is 13.8. The molecule has 2 aromatic rings. The standard InChI is InChI=1S/C21H22O8/c1-10-14(6-5-11-7-12(22)9-13(23)8-11)29-18-15(16(10)24)17(25)19(26-2)21(28-4)20(18)27-3/h5-10,14,22-23,25H,1-4H3. The lowest BCUT2D eigenvalue weighted by molar-refractivity contribution is 0.0758. The van der Waals surface area contributed by atoms with E-state index in [2.05, 4.69) is 0 Å². The van der Waals surface area contributed by atoms with Crippen molar-refractivity contribution < 1.29 is 39.1 Å². The lowest BCUT2D eigenvalue weighted by atomic mass is 9.89. The number of hydrogen-bond acceptors (Lipinski definition) is 8. The number of fused-ring (bicyclic) bond motifs is 1. The molecule has 29 heavy (non-hydrogen) atoms. The zero-order valence-electron chi connectivity index (χ0n) is 16.4. The van der Waals surface area contributed by atoms with Crippen molar-refractivity contribution >= 4 is 11.9 Å². The summed E-state index contributed by atoms with van der Waals surface area (Å²) in [4.78, 5) is 13.0. The SMILES string of the molecule is COc1c(O)c2c(c(OC)c1OC)OC(C=Cc1cc(O)cc(O)c1)C(C)C2=O. The summed E-state index contributed by atoms with van der Waals surface area (Å²) in [6.07, 6.45) is 2.56. The number of carbonyl (C=O) groups is 1. The molecule has 0 bridgehead atoms. The quantitative estimate of drug-likeness (QED) is 0.699. The summed E-state index contributed by atoms with van der Waals surface area (Å²) >= 11 is 0. The van der Waals surface area contributed by atoms with Gasteiger partial charge < -0.3 is 34.3 Å². The van der Waals surface area contributed by atoms with Gasteiger partial charge in [-0.05, 0) is 23.8 Å². The van der Waals surface area contributed by atoms with Gasteiger partial charge in [0.2, 0.25) is 17.2 Å². The Hall–Kier alpha value is -3.55. The second-order valence-electron chi connectivity index (χ2n) is 6.53. The molecule has 0 aromatic heterocycles. The van der Waals surface area contributed by atoms with Gasteiger partial charge in [0, 0.05) is 6.07 Å². The number of rotatable bonds is 5. The summed E-state index contributed by atoms with van der Waals surface area (Å²) in [5, 5.41) is 29.8. The van der Waals surface area contributed by atoms with E-state index >= 15 is 0 Å². The lowest BCUT2D eigenvalue weighted by Gasteiger charge is -2.31. The summed E-state index contributed by atoms with van der Waals surface area (Å²) in [5.74, 6) is -1.26. The molecule has 2 aromatic carbocycles. The van der Waals surface area contributed by atoms with E-state index in [-0.39, 0.29) is 51.6 Å². The molecule has 0 spiro atoms. The first-order valence-corrected chi connectivity index (χ1v) is 8.79. The molecule has 3 rings (SSSR count). The molecule has 8 nitrogen and oxygen atoms in total. The Morgan fingerprint density at radius 1 is 0.931 bits per heavy atom. The summed E-state index contributed by atoms with van der Waals surface area (Å²) in [7, 11) is 4.11. The van der Waals surface area contributed by atoms with Gasteiger partial charge in [0.05, 0.1) is 27.2 Å². The van der Waals surface area contributed by atoms with Crippen molar-refractivity contribution in [2.24, 2.45) is 5.92 Å². The molecule has 1 aliphatic rings. The van der Waals surface area contributed by atoms with E-state index in [0.29, 0.717) is 5.56 Å². The Balaban J connectivity index is 2.07. The van der Waals surface area contributed by atoms with Crippen molar-refractivity contribution in [3.63, 3.8) is 0 Å². The average molecular weight is 402 g/mol. The topological polar surface area (TPSA) is 115 Å². The zero-order chi connectivity index (χ0) is 21.3. The molecule has 8 heteroatoms. The van der Waals surface area contributed by atoms with Gasteiger partial charge in [-0.3, -0.25) is 4.79 Å². The van der Waals surface area contributed by atoms with Gasteiger partial charge in [-0.2, -0.15) is 0 Å². The summed E-state index contributed by atoms with van der Waals surface area (Å²) in [6.45, 7) is 1.67. The van der Waals surface area contributed by atoms with Crippen LogP contribution >= 0.6 is 0 Å². The van der Waals surface area contributed by atoms with Crippen molar-refractivity contribution in [1.29, 1.82) is 0 Å². The van der Waals surface area contributed by atoms with Crippen LogP contribution in [0.4, 0.5) is 0 Å². The molecule has 0 saturated heterocycles. The Bertz CT molecular complexity index is 959. The molecule has 0 radical (unpaired) electrons. The van der Waals surface area contributed by atoms with Gasteiger partial charge in [-0.1, -0.05) is 13.0 Å². The number of ketones is 1. The summed E-state index contributed by atoms with van der Waals surface area (Å²) < 4.78 is 21.8. The van der Waals surface area contributed by atoms with Crippen LogP contribution in [0.15, 0.2) is 24.3 Å². The highest BCUT2D eigenvalue weighted by Gasteiger charge is 2.40. The van der Waals surface area contributed by atoms with E-state index in [9.17, 15) is 20.1 Å². The van der Waals surface area contributed by atoms with Gasteiger partial charge in [-0.25, -0.2) is 0 Å². The molecule has 1 heterocycles. The highest BCUT2D eigenvalue weighted by molar-refractivity contribution is 6.06. The number of phenols is 3. The summed E-state index contributed by atoms with van der Waals surface area (Å²) in [6, 6.07) is 4.13. The van der Waals surface area contributed by atoms with Crippen LogP contribution in [0.1, 0.15) is 22.8 Å². The predicted molar refractivity (Wildman–Crippen MR) is 104 cm³/mol. The monoisotopic (exact) mass is 402 g/mol. The smallest absolute Gasteiger partial charge is 0.211 e. The average Bonchev–Trinajstić information content (AvgIpc) is 2.68. The zero-order valence-corrected chi connectivity index (χ0v) is 16.4. The molecule has 0 fully saturated rings. The van der Waals surface area contributed by atoms with Crippen LogP contribution in [-0.2, 0) is 0 Å². The molecule has 3 N–H and O–H groups in total. The van der Waals surface area contributed by atoms with Gasteiger partial charge in [0.25, 0.3) is 0 Å². The number of phenolic OH excluding ortho intramolecular Hbond substituents is 3. The number of Topliss-reactive ketones (excluding diaryl/α,β-unsaturated/α-hetero) is 1.